The van der Waals surface area contributed by atoms with E-state index in [-0.39, 0.29) is 30.3 Å². The van der Waals surface area contributed by atoms with E-state index in [0.717, 1.165) is 13.0 Å². The lowest BCUT2D eigenvalue weighted by Gasteiger charge is -2.26. The van der Waals surface area contributed by atoms with Gasteiger partial charge in [0.15, 0.2) is 0 Å². The van der Waals surface area contributed by atoms with Gasteiger partial charge in [-0.05, 0) is 26.4 Å². The molecule has 1 heterocycles. The number of carbonyl (C=O) groups is 2. The Morgan fingerprint density at radius 3 is 2.47 bits per heavy atom. The van der Waals surface area contributed by atoms with Gasteiger partial charge in [-0.2, -0.15) is 0 Å². The molecule has 0 radical (unpaired) electrons. The van der Waals surface area contributed by atoms with Crippen molar-refractivity contribution in [1.29, 1.82) is 0 Å². The van der Waals surface area contributed by atoms with Crippen LogP contribution in [0.4, 0.5) is 0 Å². The zero-order valence-electron chi connectivity index (χ0n) is 11.1. The van der Waals surface area contributed by atoms with Gasteiger partial charge in [0.1, 0.15) is 0 Å². The predicted octanol–water partition coefficient (Wildman–Crippen LogP) is -0.0326. The van der Waals surface area contributed by atoms with Gasteiger partial charge in [-0.1, -0.05) is 13.8 Å². The molecule has 0 aliphatic carbocycles. The number of nitrogens with zero attached hydrogens (tertiary/aromatic N) is 1. The minimum atomic E-state index is -0.355. The van der Waals surface area contributed by atoms with Crippen LogP contribution in [0.3, 0.4) is 0 Å². The van der Waals surface area contributed by atoms with Crippen LogP contribution in [0, 0.1) is 5.92 Å². The van der Waals surface area contributed by atoms with Crippen molar-refractivity contribution in [2.75, 3.05) is 20.6 Å². The monoisotopic (exact) mass is 241 g/mol. The first-order chi connectivity index (χ1) is 7.88. The summed E-state index contributed by atoms with van der Waals surface area (Å²) in [5.74, 6) is 0.191. The number of carbonyl (C=O) groups excluding carboxylic acids is 2. The van der Waals surface area contributed by atoms with Crippen molar-refractivity contribution in [2.45, 2.75) is 38.8 Å². The second-order valence-electron chi connectivity index (χ2n) is 5.42. The maximum Gasteiger partial charge on any atom is 0.244 e. The lowest BCUT2D eigenvalue weighted by Crippen LogP contribution is -2.47. The zero-order valence-corrected chi connectivity index (χ0v) is 11.1. The third-order valence-corrected chi connectivity index (χ3v) is 2.75. The van der Waals surface area contributed by atoms with Crippen molar-refractivity contribution in [3.63, 3.8) is 0 Å². The number of nitrogens with one attached hydrogen (secondary N) is 2. The van der Waals surface area contributed by atoms with E-state index in [1.54, 1.807) is 0 Å². The van der Waals surface area contributed by atoms with Crippen molar-refractivity contribution in [2.24, 2.45) is 5.92 Å². The smallest absolute Gasteiger partial charge is 0.244 e. The molecule has 2 atom stereocenters. The molecular formula is C12H23N3O2. The summed E-state index contributed by atoms with van der Waals surface area (Å²) in [6, 6.07) is -0.113. The molecule has 2 amide bonds. The summed E-state index contributed by atoms with van der Waals surface area (Å²) in [6.45, 7) is 5.19. The third-order valence-electron chi connectivity index (χ3n) is 2.75. The summed E-state index contributed by atoms with van der Waals surface area (Å²) in [5, 5.41) is 5.61. The highest BCUT2D eigenvalue weighted by Crippen LogP contribution is 2.09. The number of rotatable bonds is 6. The predicted molar refractivity (Wildman–Crippen MR) is 66.5 cm³/mol. The molecule has 1 rings (SSSR count). The molecule has 0 saturated carbocycles. The maximum absolute atomic E-state index is 11.5. The molecule has 2 unspecified atom stereocenters. The summed E-state index contributed by atoms with van der Waals surface area (Å²) < 4.78 is 0. The molecule has 0 bridgehead atoms. The molecule has 0 aromatic rings. The molecule has 1 aliphatic heterocycles. The normalized spacial score (nSPS) is 22.4. The van der Waals surface area contributed by atoms with E-state index in [9.17, 15) is 9.59 Å². The van der Waals surface area contributed by atoms with E-state index in [2.05, 4.69) is 29.4 Å². The summed E-state index contributed by atoms with van der Waals surface area (Å²) in [6.07, 6.45) is 1.26. The zero-order chi connectivity index (χ0) is 13.0. The average Bonchev–Trinajstić information content (AvgIpc) is 2.42. The number of likely N-dealkylation sites (N-methyl/N-ethyl adjacent to an activating group) is 1. The molecule has 5 heteroatoms. The van der Waals surface area contributed by atoms with Crippen LogP contribution in [-0.2, 0) is 9.59 Å². The Hall–Kier alpha value is -0.940. The van der Waals surface area contributed by atoms with Gasteiger partial charge in [-0.25, -0.2) is 0 Å². The average molecular weight is 241 g/mol. The number of hydrogen-bond donors (Lipinski definition) is 2. The van der Waals surface area contributed by atoms with Crippen LogP contribution < -0.4 is 10.6 Å². The SMILES string of the molecule is CC(C)CC(CN(C)C)NC1CC(=O)NC1=O. The largest absolute Gasteiger partial charge is 0.308 e. The summed E-state index contributed by atoms with van der Waals surface area (Å²) in [4.78, 5) is 24.7. The van der Waals surface area contributed by atoms with Gasteiger partial charge >= 0.3 is 0 Å². The van der Waals surface area contributed by atoms with Gasteiger partial charge in [0.2, 0.25) is 11.8 Å². The van der Waals surface area contributed by atoms with Crippen LogP contribution in [0.2, 0.25) is 0 Å². The Kier molecular flexibility index (Phi) is 5.08. The van der Waals surface area contributed by atoms with Crippen LogP contribution in [0.25, 0.3) is 0 Å². The van der Waals surface area contributed by atoms with Gasteiger partial charge < -0.3 is 10.2 Å². The molecule has 0 spiro atoms. The van der Waals surface area contributed by atoms with Crippen LogP contribution in [0.1, 0.15) is 26.7 Å². The molecule has 17 heavy (non-hydrogen) atoms. The molecular weight excluding hydrogens is 218 g/mol. The molecule has 0 aromatic heterocycles. The van der Waals surface area contributed by atoms with Crippen molar-refractivity contribution in [3.8, 4) is 0 Å². The minimum Gasteiger partial charge on any atom is -0.308 e. The Morgan fingerprint density at radius 2 is 2.06 bits per heavy atom. The van der Waals surface area contributed by atoms with E-state index in [4.69, 9.17) is 0 Å². The highest BCUT2D eigenvalue weighted by Gasteiger charge is 2.32. The number of amides is 2. The van der Waals surface area contributed by atoms with Crippen molar-refractivity contribution in [3.05, 3.63) is 0 Å². The Labute approximate surface area is 103 Å². The van der Waals surface area contributed by atoms with E-state index in [0.29, 0.717) is 5.92 Å². The van der Waals surface area contributed by atoms with E-state index in [1.807, 2.05) is 14.1 Å². The van der Waals surface area contributed by atoms with Gasteiger partial charge in [0, 0.05) is 12.6 Å². The number of imide groups is 1. The van der Waals surface area contributed by atoms with Crippen molar-refractivity contribution in [1.82, 2.24) is 15.5 Å². The van der Waals surface area contributed by atoms with Gasteiger partial charge in [-0.3, -0.25) is 14.9 Å². The van der Waals surface area contributed by atoms with E-state index in [1.165, 1.54) is 0 Å². The summed E-state index contributed by atoms with van der Waals surface area (Å²) >= 11 is 0. The lowest BCUT2D eigenvalue weighted by molar-refractivity contribution is -0.125. The van der Waals surface area contributed by atoms with Crippen LogP contribution in [-0.4, -0.2) is 49.4 Å². The molecule has 0 aromatic carbocycles. The standard InChI is InChI=1S/C12H23N3O2/c1-8(2)5-9(7-15(3)4)13-10-6-11(16)14-12(10)17/h8-10,13H,5-7H2,1-4H3,(H,14,16,17). The fourth-order valence-electron chi connectivity index (χ4n) is 2.18. The minimum absolute atomic E-state index is 0.180. The van der Waals surface area contributed by atoms with Crippen LogP contribution in [0.5, 0.6) is 0 Å². The van der Waals surface area contributed by atoms with Crippen molar-refractivity contribution >= 4 is 11.8 Å². The highest BCUT2D eigenvalue weighted by atomic mass is 16.2. The Bertz CT molecular complexity index is 279. The first kappa shape index (κ1) is 14.1. The topological polar surface area (TPSA) is 61.4 Å². The fraction of sp³-hybridized carbons (Fsp3) is 0.833. The second kappa shape index (κ2) is 6.12. The first-order valence-corrected chi connectivity index (χ1v) is 6.13. The quantitative estimate of drug-likeness (QED) is 0.641. The fourth-order valence-corrected chi connectivity index (χ4v) is 2.18. The van der Waals surface area contributed by atoms with Gasteiger partial charge in [-0.15, -0.1) is 0 Å². The summed E-state index contributed by atoms with van der Waals surface area (Å²) in [7, 11) is 4.02. The van der Waals surface area contributed by atoms with Gasteiger partial charge in [0.05, 0.1) is 12.5 Å². The Morgan fingerprint density at radius 1 is 1.41 bits per heavy atom. The van der Waals surface area contributed by atoms with Gasteiger partial charge in [0.25, 0.3) is 0 Å². The molecule has 1 saturated heterocycles. The summed E-state index contributed by atoms with van der Waals surface area (Å²) in [5.41, 5.74) is 0. The first-order valence-electron chi connectivity index (χ1n) is 6.13. The third kappa shape index (κ3) is 4.83. The van der Waals surface area contributed by atoms with Crippen molar-refractivity contribution < 1.29 is 9.59 Å². The molecule has 2 N–H and O–H groups in total. The van der Waals surface area contributed by atoms with Crippen LogP contribution in [0.15, 0.2) is 0 Å². The molecule has 5 nitrogen and oxygen atoms in total. The molecule has 1 fully saturated rings. The van der Waals surface area contributed by atoms with E-state index < -0.39 is 0 Å². The maximum atomic E-state index is 11.5. The molecule has 98 valence electrons. The number of hydrogen-bond acceptors (Lipinski definition) is 4. The second-order valence-corrected chi connectivity index (χ2v) is 5.42. The Balaban J connectivity index is 2.53. The molecule has 1 aliphatic rings. The van der Waals surface area contributed by atoms with Crippen LogP contribution >= 0.6 is 0 Å². The highest BCUT2D eigenvalue weighted by molar-refractivity contribution is 6.05. The van der Waals surface area contributed by atoms with E-state index >= 15 is 0 Å². The lowest BCUT2D eigenvalue weighted by atomic mass is 10.0.